The molecule has 0 fully saturated rings. The maximum Gasteiger partial charge on any atom is 0.405 e. The van der Waals surface area contributed by atoms with Gasteiger partial charge in [0, 0.05) is 6.54 Å². The first-order valence-electron chi connectivity index (χ1n) is 6.74. The van der Waals surface area contributed by atoms with Crippen molar-refractivity contribution in [3.63, 3.8) is 0 Å². The summed E-state index contributed by atoms with van der Waals surface area (Å²) in [5.74, 6) is 0.593. The van der Waals surface area contributed by atoms with Crippen LogP contribution in [0.2, 0.25) is 0 Å². The van der Waals surface area contributed by atoms with Gasteiger partial charge in [-0.05, 0) is 19.2 Å². The number of likely N-dealkylation sites (N-methyl/N-ethyl adjacent to an activating group) is 1. The van der Waals surface area contributed by atoms with Gasteiger partial charge in [0.2, 0.25) is 5.91 Å². The summed E-state index contributed by atoms with van der Waals surface area (Å²) in [5, 5.41) is 1.83. The molecule has 8 heteroatoms. The summed E-state index contributed by atoms with van der Waals surface area (Å²) < 4.78 is 47.3. The molecule has 1 atom stereocenters. The van der Waals surface area contributed by atoms with Crippen LogP contribution in [0.15, 0.2) is 24.3 Å². The molecule has 1 aliphatic rings. The number of benzene rings is 1. The normalized spacial score (nSPS) is 17.4. The Morgan fingerprint density at radius 2 is 2.05 bits per heavy atom. The number of para-hydroxylation sites is 2. The van der Waals surface area contributed by atoms with Crippen LogP contribution in [0.25, 0.3) is 0 Å². The Hall–Kier alpha value is -1.96. The van der Waals surface area contributed by atoms with Gasteiger partial charge in [0.1, 0.15) is 19.3 Å². The van der Waals surface area contributed by atoms with Gasteiger partial charge in [-0.2, -0.15) is 13.2 Å². The Balaban J connectivity index is 1.76. The predicted octanol–water partition coefficient (Wildman–Crippen LogP) is 1.44. The number of hydrogen-bond acceptors (Lipinski definition) is 4. The van der Waals surface area contributed by atoms with Crippen molar-refractivity contribution in [1.82, 2.24) is 10.2 Å². The summed E-state index contributed by atoms with van der Waals surface area (Å²) in [6.45, 7) is -0.771. The van der Waals surface area contributed by atoms with E-state index < -0.39 is 18.6 Å². The molecule has 1 amide bonds. The first kappa shape index (κ1) is 16.4. The lowest BCUT2D eigenvalue weighted by molar-refractivity contribution is -0.139. The third-order valence-corrected chi connectivity index (χ3v) is 2.98. The van der Waals surface area contributed by atoms with Crippen LogP contribution in [-0.4, -0.2) is 56.4 Å². The number of amides is 1. The smallest absolute Gasteiger partial charge is 0.405 e. The Labute approximate surface area is 126 Å². The first-order chi connectivity index (χ1) is 10.3. The number of carbonyl (C=O) groups excluding carboxylic acids is 1. The van der Waals surface area contributed by atoms with Crippen LogP contribution in [0.5, 0.6) is 11.5 Å². The van der Waals surface area contributed by atoms with Crippen molar-refractivity contribution < 1.29 is 27.4 Å². The van der Waals surface area contributed by atoms with Crippen LogP contribution in [0, 0.1) is 0 Å². The summed E-state index contributed by atoms with van der Waals surface area (Å²) in [6.07, 6.45) is -4.69. The highest BCUT2D eigenvalue weighted by Gasteiger charge is 2.28. The minimum atomic E-state index is -4.40. The number of fused-ring (bicyclic) bond motifs is 1. The van der Waals surface area contributed by atoms with Gasteiger partial charge in [0.15, 0.2) is 11.5 Å². The van der Waals surface area contributed by atoms with Crippen molar-refractivity contribution in [2.24, 2.45) is 0 Å². The van der Waals surface area contributed by atoms with Gasteiger partial charge >= 0.3 is 6.18 Å². The molecule has 0 bridgehead atoms. The highest BCUT2D eigenvalue weighted by Crippen LogP contribution is 2.30. The molecule has 0 aromatic heterocycles. The van der Waals surface area contributed by atoms with Crippen LogP contribution < -0.4 is 14.8 Å². The first-order valence-corrected chi connectivity index (χ1v) is 6.74. The third kappa shape index (κ3) is 5.10. The fourth-order valence-electron chi connectivity index (χ4n) is 2.07. The van der Waals surface area contributed by atoms with Crippen molar-refractivity contribution in [2.45, 2.75) is 12.3 Å². The predicted molar refractivity (Wildman–Crippen MR) is 72.9 cm³/mol. The summed E-state index contributed by atoms with van der Waals surface area (Å²) >= 11 is 0. The minimum absolute atomic E-state index is 0.141. The molecule has 5 nitrogen and oxygen atoms in total. The SMILES string of the molecule is CN(CC(=O)NCC(F)(F)F)CC1COc2ccccc2O1. The monoisotopic (exact) mass is 318 g/mol. The van der Waals surface area contributed by atoms with Gasteiger partial charge in [0.05, 0.1) is 6.54 Å². The van der Waals surface area contributed by atoms with Crippen LogP contribution in [0.4, 0.5) is 13.2 Å². The van der Waals surface area contributed by atoms with Gasteiger partial charge in [-0.1, -0.05) is 12.1 Å². The molecule has 1 aromatic rings. The van der Waals surface area contributed by atoms with E-state index in [0.29, 0.717) is 24.7 Å². The molecule has 122 valence electrons. The molecule has 0 spiro atoms. The largest absolute Gasteiger partial charge is 0.486 e. The van der Waals surface area contributed by atoms with E-state index in [4.69, 9.17) is 9.47 Å². The van der Waals surface area contributed by atoms with Crippen molar-refractivity contribution in [2.75, 3.05) is 33.3 Å². The second kappa shape index (κ2) is 6.87. The molecular weight excluding hydrogens is 301 g/mol. The molecule has 1 N–H and O–H groups in total. The van der Waals surface area contributed by atoms with E-state index in [2.05, 4.69) is 0 Å². The quantitative estimate of drug-likeness (QED) is 0.892. The van der Waals surface area contributed by atoms with E-state index in [1.165, 1.54) is 0 Å². The topological polar surface area (TPSA) is 50.8 Å². The number of nitrogens with zero attached hydrogens (tertiary/aromatic N) is 1. The molecule has 2 rings (SSSR count). The average molecular weight is 318 g/mol. The van der Waals surface area contributed by atoms with Crippen LogP contribution in [0.3, 0.4) is 0 Å². The average Bonchev–Trinajstić information content (AvgIpc) is 2.44. The molecule has 0 saturated heterocycles. The Morgan fingerprint density at radius 1 is 1.36 bits per heavy atom. The maximum atomic E-state index is 12.0. The zero-order valence-electron chi connectivity index (χ0n) is 12.0. The Morgan fingerprint density at radius 3 is 2.73 bits per heavy atom. The van der Waals surface area contributed by atoms with E-state index in [1.807, 2.05) is 17.4 Å². The zero-order chi connectivity index (χ0) is 16.2. The lowest BCUT2D eigenvalue weighted by atomic mass is 10.2. The summed E-state index contributed by atoms with van der Waals surface area (Å²) in [7, 11) is 1.64. The second-order valence-corrected chi connectivity index (χ2v) is 5.09. The molecule has 22 heavy (non-hydrogen) atoms. The number of nitrogens with one attached hydrogen (secondary N) is 1. The lowest BCUT2D eigenvalue weighted by Gasteiger charge is -2.29. The van der Waals surface area contributed by atoms with E-state index in [0.717, 1.165) is 0 Å². The van der Waals surface area contributed by atoms with Crippen LogP contribution in [0.1, 0.15) is 0 Å². The zero-order valence-corrected chi connectivity index (χ0v) is 12.0. The minimum Gasteiger partial charge on any atom is -0.486 e. The molecule has 0 radical (unpaired) electrons. The van der Waals surface area contributed by atoms with Gasteiger partial charge in [-0.25, -0.2) is 0 Å². The van der Waals surface area contributed by atoms with Gasteiger partial charge in [0.25, 0.3) is 0 Å². The maximum absolute atomic E-state index is 12.0. The fraction of sp³-hybridized carbons (Fsp3) is 0.500. The molecular formula is C14H17F3N2O3. The standard InChI is InChI=1S/C14H17F3N2O3/c1-19(7-13(20)18-9-14(15,16)17)6-10-8-21-11-4-2-3-5-12(11)22-10/h2-5,10H,6-9H2,1H3,(H,18,20). The van der Waals surface area contributed by atoms with Crippen molar-refractivity contribution >= 4 is 5.91 Å². The molecule has 0 saturated carbocycles. The van der Waals surface area contributed by atoms with E-state index in [1.54, 1.807) is 24.1 Å². The molecule has 0 aliphatic carbocycles. The second-order valence-electron chi connectivity index (χ2n) is 5.09. The fourth-order valence-corrected chi connectivity index (χ4v) is 2.07. The number of hydrogen-bond donors (Lipinski definition) is 1. The number of carbonyl (C=O) groups is 1. The number of alkyl halides is 3. The molecule has 1 unspecified atom stereocenters. The number of ether oxygens (including phenoxy) is 2. The lowest BCUT2D eigenvalue weighted by Crippen LogP contribution is -2.44. The van der Waals surface area contributed by atoms with Crippen molar-refractivity contribution in [1.29, 1.82) is 0 Å². The van der Waals surface area contributed by atoms with Crippen molar-refractivity contribution in [3.05, 3.63) is 24.3 Å². The van der Waals surface area contributed by atoms with Crippen LogP contribution in [-0.2, 0) is 4.79 Å². The Bertz CT molecular complexity index is 522. The van der Waals surface area contributed by atoms with E-state index >= 15 is 0 Å². The van der Waals surface area contributed by atoms with Gasteiger partial charge < -0.3 is 14.8 Å². The van der Waals surface area contributed by atoms with Gasteiger partial charge in [-0.3, -0.25) is 9.69 Å². The molecule has 1 aromatic carbocycles. The third-order valence-electron chi connectivity index (χ3n) is 2.98. The van der Waals surface area contributed by atoms with Crippen molar-refractivity contribution in [3.8, 4) is 11.5 Å². The number of halogens is 3. The van der Waals surface area contributed by atoms with E-state index in [-0.39, 0.29) is 12.6 Å². The number of rotatable bonds is 5. The molecule has 1 heterocycles. The van der Waals surface area contributed by atoms with Crippen LogP contribution >= 0.6 is 0 Å². The summed E-state index contributed by atoms with van der Waals surface area (Å²) in [5.41, 5.74) is 0. The Kier molecular flexibility index (Phi) is 5.12. The van der Waals surface area contributed by atoms with E-state index in [9.17, 15) is 18.0 Å². The highest BCUT2D eigenvalue weighted by atomic mass is 19.4. The summed E-state index contributed by atoms with van der Waals surface area (Å²) in [6, 6.07) is 7.22. The van der Waals surface area contributed by atoms with Gasteiger partial charge in [-0.15, -0.1) is 0 Å². The summed E-state index contributed by atoms with van der Waals surface area (Å²) in [4.78, 5) is 13.0. The highest BCUT2D eigenvalue weighted by molar-refractivity contribution is 5.78. The molecule has 1 aliphatic heterocycles.